The monoisotopic (exact) mass is 248 g/mol. The molecule has 0 amide bonds. The molecule has 1 rings (SSSR count). The zero-order valence-corrected chi connectivity index (χ0v) is 9.49. The molecule has 1 atom stereocenters. The van der Waals surface area contributed by atoms with Crippen molar-refractivity contribution in [2.24, 2.45) is 0 Å². The molecule has 2 N–H and O–H groups in total. The van der Waals surface area contributed by atoms with Crippen LogP contribution in [-0.4, -0.2) is 22.5 Å². The smallest absolute Gasteiger partial charge is 0.336 e. The van der Waals surface area contributed by atoms with Gasteiger partial charge < -0.3 is 14.8 Å². The van der Waals surface area contributed by atoms with Crippen LogP contribution in [-0.2, 0) is 10.7 Å². The van der Waals surface area contributed by atoms with Gasteiger partial charge in [-0.25, -0.2) is 4.79 Å². The van der Waals surface area contributed by atoms with E-state index in [2.05, 4.69) is 0 Å². The van der Waals surface area contributed by atoms with E-state index < -0.39 is 20.1 Å². The number of rotatable bonds is 4. The zero-order valence-electron chi connectivity index (χ0n) is 7.74. The number of benzene rings is 1. The summed E-state index contributed by atoms with van der Waals surface area (Å²) in [5.74, 6) is -1.11. The number of aromatic carboxylic acids is 1. The lowest BCUT2D eigenvalue weighted by Gasteiger charge is -2.06. The normalized spacial score (nSPS) is 12.4. The maximum absolute atomic E-state index is 11.2. The molecule has 0 aliphatic rings. The van der Waals surface area contributed by atoms with Crippen LogP contribution < -0.4 is 0 Å². The van der Waals surface area contributed by atoms with E-state index in [0.717, 1.165) is 0 Å². The molecule has 0 aliphatic heterocycles. The van der Waals surface area contributed by atoms with E-state index in [-0.39, 0.29) is 16.7 Å². The van der Waals surface area contributed by atoms with Gasteiger partial charge in [0.05, 0.1) is 11.9 Å². The third-order valence-electron chi connectivity index (χ3n) is 1.90. The number of aliphatic hydroxyl groups excluding tert-OH is 1. The fourth-order valence-corrected chi connectivity index (χ4v) is 2.43. The van der Waals surface area contributed by atoms with E-state index >= 15 is 0 Å². The van der Waals surface area contributed by atoms with E-state index in [1.807, 2.05) is 0 Å². The molecule has 1 unspecified atom stereocenters. The van der Waals surface area contributed by atoms with Gasteiger partial charge in [0.1, 0.15) is 7.80 Å². The molecule has 0 bridgehead atoms. The minimum atomic E-state index is -2.20. The summed E-state index contributed by atoms with van der Waals surface area (Å²) in [6, 6.07) is 4.46. The number of halogens is 1. The highest BCUT2D eigenvalue weighted by Gasteiger charge is 2.14. The second-order valence-electron chi connectivity index (χ2n) is 2.94. The van der Waals surface area contributed by atoms with E-state index in [1.54, 1.807) is 0 Å². The molecule has 0 saturated carbocycles. The SMILES string of the molecule is O=C(O)c1cccc(Cl)c1C[PH](=O)CO. The Kier molecular flexibility index (Phi) is 4.33. The summed E-state index contributed by atoms with van der Waals surface area (Å²) in [5.41, 5.74) is 0.360. The van der Waals surface area contributed by atoms with Gasteiger partial charge >= 0.3 is 5.97 Å². The average molecular weight is 249 g/mol. The van der Waals surface area contributed by atoms with Gasteiger partial charge in [0.2, 0.25) is 0 Å². The maximum Gasteiger partial charge on any atom is 0.336 e. The average Bonchev–Trinajstić information content (AvgIpc) is 2.20. The second-order valence-corrected chi connectivity index (χ2v) is 5.10. The van der Waals surface area contributed by atoms with Crippen LogP contribution in [0.15, 0.2) is 18.2 Å². The first kappa shape index (κ1) is 12.2. The number of aliphatic hydroxyl groups is 1. The fourth-order valence-electron chi connectivity index (χ4n) is 1.19. The van der Waals surface area contributed by atoms with Crippen molar-refractivity contribution in [3.63, 3.8) is 0 Å². The maximum atomic E-state index is 11.2. The summed E-state index contributed by atoms with van der Waals surface area (Å²) in [6.07, 6.45) is -0.419. The third kappa shape index (κ3) is 3.06. The van der Waals surface area contributed by atoms with E-state index in [0.29, 0.717) is 5.56 Å². The van der Waals surface area contributed by atoms with Crippen molar-refractivity contribution in [2.75, 3.05) is 6.35 Å². The Morgan fingerprint density at radius 3 is 2.67 bits per heavy atom. The topological polar surface area (TPSA) is 74.6 Å². The van der Waals surface area contributed by atoms with Gasteiger partial charge in [0.25, 0.3) is 0 Å². The van der Waals surface area contributed by atoms with Gasteiger partial charge in [0, 0.05) is 11.2 Å². The molecule has 15 heavy (non-hydrogen) atoms. The van der Waals surface area contributed by atoms with Gasteiger partial charge in [-0.05, 0) is 17.7 Å². The first-order valence-electron chi connectivity index (χ1n) is 4.19. The van der Waals surface area contributed by atoms with Crippen molar-refractivity contribution < 1.29 is 19.6 Å². The zero-order chi connectivity index (χ0) is 11.4. The molecule has 0 aliphatic carbocycles. The highest BCUT2D eigenvalue weighted by Crippen LogP contribution is 2.31. The van der Waals surface area contributed by atoms with Crippen molar-refractivity contribution in [1.29, 1.82) is 0 Å². The third-order valence-corrected chi connectivity index (χ3v) is 3.35. The molecule has 0 fully saturated rings. The highest BCUT2D eigenvalue weighted by molar-refractivity contribution is 7.43. The molecule has 82 valence electrons. The Balaban J connectivity index is 3.13. The molecule has 0 spiro atoms. The Bertz CT molecular complexity index is 405. The van der Waals surface area contributed by atoms with Gasteiger partial charge in [-0.1, -0.05) is 17.7 Å². The van der Waals surface area contributed by atoms with Crippen LogP contribution in [0.5, 0.6) is 0 Å². The number of carboxylic acid groups (broad SMARTS) is 1. The molecule has 0 radical (unpaired) electrons. The molecule has 0 saturated heterocycles. The first-order chi connectivity index (χ1) is 7.06. The molecule has 6 heteroatoms. The first-order valence-corrected chi connectivity index (χ1v) is 6.39. The number of carbonyl (C=O) groups is 1. The molecular formula is C9H10ClO4P. The number of carboxylic acids is 1. The lowest BCUT2D eigenvalue weighted by molar-refractivity contribution is 0.0696. The quantitative estimate of drug-likeness (QED) is 0.800. The van der Waals surface area contributed by atoms with Crippen LogP contribution in [0.4, 0.5) is 0 Å². The lowest BCUT2D eigenvalue weighted by atomic mass is 10.1. The Morgan fingerprint density at radius 2 is 2.13 bits per heavy atom. The number of hydrogen-bond acceptors (Lipinski definition) is 3. The summed E-state index contributed by atoms with van der Waals surface area (Å²) in [5, 5.41) is 17.8. The number of hydrogen-bond donors (Lipinski definition) is 2. The largest absolute Gasteiger partial charge is 0.478 e. The standard InChI is InChI=1S/C9H10ClO4P/c10-8-3-1-2-6(9(12)13)7(8)4-15(14)5-11/h1-3,11,15H,4-5H2,(H,12,13). The van der Waals surface area contributed by atoms with Crippen LogP contribution >= 0.6 is 19.4 Å². The van der Waals surface area contributed by atoms with E-state index in [1.165, 1.54) is 18.2 Å². The summed E-state index contributed by atoms with van der Waals surface area (Å²) >= 11 is 5.81. The Hall–Kier alpha value is -0.830. The second kappa shape index (κ2) is 5.31. The summed E-state index contributed by atoms with van der Waals surface area (Å²) < 4.78 is 11.2. The van der Waals surface area contributed by atoms with Gasteiger partial charge in [-0.15, -0.1) is 0 Å². The van der Waals surface area contributed by atoms with Crippen LogP contribution in [0, 0.1) is 0 Å². The molecule has 4 nitrogen and oxygen atoms in total. The Labute approximate surface area is 92.3 Å². The van der Waals surface area contributed by atoms with Gasteiger partial charge in [0.15, 0.2) is 0 Å². The predicted octanol–water partition coefficient (Wildman–Crippen LogP) is 2.05. The summed E-state index contributed by atoms with van der Waals surface area (Å²) in [7, 11) is -2.20. The lowest BCUT2D eigenvalue weighted by Crippen LogP contribution is -2.02. The van der Waals surface area contributed by atoms with Crippen molar-refractivity contribution in [1.82, 2.24) is 0 Å². The summed E-state index contributed by atoms with van der Waals surface area (Å²) in [6.45, 7) is 0. The van der Waals surface area contributed by atoms with Crippen molar-refractivity contribution in [3.8, 4) is 0 Å². The van der Waals surface area contributed by atoms with E-state index in [9.17, 15) is 9.36 Å². The molecule has 0 aromatic heterocycles. The van der Waals surface area contributed by atoms with Gasteiger partial charge in [-0.2, -0.15) is 0 Å². The molecule has 1 aromatic rings. The minimum Gasteiger partial charge on any atom is -0.478 e. The van der Waals surface area contributed by atoms with Crippen LogP contribution in [0.25, 0.3) is 0 Å². The molecule has 1 aromatic carbocycles. The summed E-state index contributed by atoms with van der Waals surface area (Å²) in [4.78, 5) is 10.8. The van der Waals surface area contributed by atoms with Crippen LogP contribution in [0.3, 0.4) is 0 Å². The van der Waals surface area contributed by atoms with Gasteiger partial charge in [-0.3, -0.25) is 0 Å². The van der Waals surface area contributed by atoms with Crippen molar-refractivity contribution >= 4 is 25.4 Å². The fraction of sp³-hybridized carbons (Fsp3) is 0.222. The highest BCUT2D eigenvalue weighted by atomic mass is 35.5. The molecular weight excluding hydrogens is 239 g/mol. The Morgan fingerprint density at radius 1 is 1.47 bits per heavy atom. The van der Waals surface area contributed by atoms with E-state index in [4.69, 9.17) is 21.8 Å². The van der Waals surface area contributed by atoms with Crippen LogP contribution in [0.1, 0.15) is 15.9 Å². The van der Waals surface area contributed by atoms with Crippen molar-refractivity contribution in [3.05, 3.63) is 34.3 Å². The predicted molar refractivity (Wildman–Crippen MR) is 58.2 cm³/mol. The van der Waals surface area contributed by atoms with Crippen LogP contribution in [0.2, 0.25) is 5.02 Å². The van der Waals surface area contributed by atoms with Crippen molar-refractivity contribution in [2.45, 2.75) is 6.16 Å². The minimum absolute atomic E-state index is 0.0163. The molecule has 0 heterocycles.